The molecule has 1 fully saturated rings. The number of nitrogens with one attached hydrogen (secondary N) is 2. The van der Waals surface area contributed by atoms with Gasteiger partial charge in [0.1, 0.15) is 5.52 Å². The minimum Gasteiger partial charge on any atom is -0.397 e. The second kappa shape index (κ2) is 8.16. The molecule has 0 radical (unpaired) electrons. The Morgan fingerprint density at radius 2 is 2.18 bits per heavy atom. The third-order valence-corrected chi connectivity index (χ3v) is 5.20. The molecule has 0 unspecified atom stereocenters. The van der Waals surface area contributed by atoms with Crippen molar-refractivity contribution < 1.29 is 0 Å². The van der Waals surface area contributed by atoms with Crippen molar-refractivity contribution >= 4 is 45.8 Å². The number of fused-ring (bicyclic) bond motifs is 1. The van der Waals surface area contributed by atoms with E-state index >= 15 is 0 Å². The third-order valence-electron chi connectivity index (χ3n) is 4.86. The Bertz CT molecular complexity index is 978. The monoisotopic (exact) mass is 397 g/mol. The Morgan fingerprint density at radius 1 is 1.29 bits per heavy atom. The maximum Gasteiger partial charge on any atom is 0.229 e. The van der Waals surface area contributed by atoms with Crippen molar-refractivity contribution in [2.24, 2.45) is 0 Å². The normalized spacial score (nSPS) is 16.6. The number of anilines is 4. The van der Waals surface area contributed by atoms with Crippen LogP contribution in [-0.4, -0.2) is 40.6 Å². The number of hydrogen-bond acceptors (Lipinski definition) is 7. The highest BCUT2D eigenvalue weighted by molar-refractivity contribution is 6.33. The summed E-state index contributed by atoms with van der Waals surface area (Å²) in [6.45, 7) is 5.07. The molecular formula is C20H24ClN7. The topological polar surface area (TPSA) is 92.0 Å². The molecule has 3 heterocycles. The van der Waals surface area contributed by atoms with Crippen LogP contribution in [0, 0.1) is 0 Å². The highest BCUT2D eigenvalue weighted by Gasteiger charge is 2.25. The molecule has 3 aromatic rings. The average molecular weight is 398 g/mol. The van der Waals surface area contributed by atoms with E-state index in [2.05, 4.69) is 32.4 Å². The summed E-state index contributed by atoms with van der Waals surface area (Å²) in [6.07, 6.45) is 4.01. The van der Waals surface area contributed by atoms with Crippen molar-refractivity contribution in [3.63, 3.8) is 0 Å². The molecule has 1 saturated heterocycles. The predicted octanol–water partition coefficient (Wildman–Crippen LogP) is 3.58. The first-order chi connectivity index (χ1) is 13.6. The van der Waals surface area contributed by atoms with Crippen molar-refractivity contribution in [1.82, 2.24) is 20.3 Å². The van der Waals surface area contributed by atoms with Crippen LogP contribution < -0.4 is 21.3 Å². The Morgan fingerprint density at radius 3 is 3.00 bits per heavy atom. The second-order valence-electron chi connectivity index (χ2n) is 6.99. The summed E-state index contributed by atoms with van der Waals surface area (Å²) in [4.78, 5) is 16.2. The van der Waals surface area contributed by atoms with E-state index < -0.39 is 0 Å². The Hall–Kier alpha value is -2.64. The predicted molar refractivity (Wildman–Crippen MR) is 115 cm³/mol. The van der Waals surface area contributed by atoms with Gasteiger partial charge in [0.15, 0.2) is 5.82 Å². The molecule has 4 N–H and O–H groups in total. The van der Waals surface area contributed by atoms with Crippen LogP contribution in [0.4, 0.5) is 23.1 Å². The molecule has 1 atom stereocenters. The van der Waals surface area contributed by atoms with E-state index in [0.717, 1.165) is 55.0 Å². The third kappa shape index (κ3) is 3.95. The van der Waals surface area contributed by atoms with Crippen LogP contribution in [0.5, 0.6) is 0 Å². The Kier molecular flexibility index (Phi) is 5.45. The standard InChI is InChI=1S/C20H24ClN7/c1-2-8-23-14-7-10-28(12-14)19-18-17(4-3-9-24-18)26-20(27-19)25-13-5-6-15(21)16(22)11-13/h3-6,9,11,14,23H,2,7-8,10,12,22H2,1H3,(H,25,26,27)/t14-/m0/s1. The summed E-state index contributed by atoms with van der Waals surface area (Å²) in [7, 11) is 0. The number of pyridine rings is 1. The molecule has 0 amide bonds. The fourth-order valence-electron chi connectivity index (χ4n) is 3.45. The van der Waals surface area contributed by atoms with Gasteiger partial charge in [-0.3, -0.25) is 4.98 Å². The summed E-state index contributed by atoms with van der Waals surface area (Å²) < 4.78 is 0. The van der Waals surface area contributed by atoms with Gasteiger partial charge >= 0.3 is 0 Å². The minimum atomic E-state index is 0.473. The van der Waals surface area contributed by atoms with Gasteiger partial charge < -0.3 is 21.3 Å². The summed E-state index contributed by atoms with van der Waals surface area (Å²) >= 11 is 6.02. The molecule has 2 aromatic heterocycles. The van der Waals surface area contributed by atoms with Gasteiger partial charge in [-0.15, -0.1) is 0 Å². The highest BCUT2D eigenvalue weighted by atomic mass is 35.5. The number of nitrogens with zero attached hydrogens (tertiary/aromatic N) is 4. The maximum atomic E-state index is 6.02. The van der Waals surface area contributed by atoms with Gasteiger partial charge in [0.05, 0.1) is 16.2 Å². The molecule has 0 bridgehead atoms. The Balaban J connectivity index is 1.65. The van der Waals surface area contributed by atoms with Gasteiger partial charge in [-0.1, -0.05) is 18.5 Å². The van der Waals surface area contributed by atoms with Crippen LogP contribution in [0.2, 0.25) is 5.02 Å². The lowest BCUT2D eigenvalue weighted by Crippen LogP contribution is -2.33. The number of hydrogen-bond donors (Lipinski definition) is 3. The zero-order valence-electron chi connectivity index (χ0n) is 15.8. The van der Waals surface area contributed by atoms with Crippen molar-refractivity contribution in [3.05, 3.63) is 41.6 Å². The first-order valence-corrected chi connectivity index (χ1v) is 9.95. The smallest absolute Gasteiger partial charge is 0.229 e. The van der Waals surface area contributed by atoms with E-state index in [4.69, 9.17) is 22.3 Å². The molecule has 0 saturated carbocycles. The summed E-state index contributed by atoms with van der Waals surface area (Å²) in [6, 6.07) is 9.71. The highest BCUT2D eigenvalue weighted by Crippen LogP contribution is 2.29. The van der Waals surface area contributed by atoms with Crippen LogP contribution in [0.1, 0.15) is 19.8 Å². The first kappa shape index (κ1) is 18.7. The van der Waals surface area contributed by atoms with Gasteiger partial charge in [-0.2, -0.15) is 4.98 Å². The average Bonchev–Trinajstić information content (AvgIpc) is 3.17. The van der Waals surface area contributed by atoms with Crippen LogP contribution >= 0.6 is 11.6 Å². The van der Waals surface area contributed by atoms with Gasteiger partial charge in [0.2, 0.25) is 5.95 Å². The molecule has 146 valence electrons. The second-order valence-corrected chi connectivity index (χ2v) is 7.40. The molecule has 0 aliphatic carbocycles. The number of halogens is 1. The van der Waals surface area contributed by atoms with Crippen LogP contribution in [0.15, 0.2) is 36.5 Å². The summed E-state index contributed by atoms with van der Waals surface area (Å²) in [5.41, 5.74) is 8.84. The molecule has 8 heteroatoms. The molecule has 1 aromatic carbocycles. The first-order valence-electron chi connectivity index (χ1n) is 9.57. The number of nitrogens with two attached hydrogens (primary N) is 1. The molecule has 7 nitrogen and oxygen atoms in total. The van der Waals surface area contributed by atoms with Crippen LogP contribution in [-0.2, 0) is 0 Å². The van der Waals surface area contributed by atoms with E-state index in [1.54, 1.807) is 18.3 Å². The van der Waals surface area contributed by atoms with E-state index in [1.807, 2.05) is 18.2 Å². The lowest BCUT2D eigenvalue weighted by atomic mass is 10.2. The summed E-state index contributed by atoms with van der Waals surface area (Å²) in [5.74, 6) is 1.37. The van der Waals surface area contributed by atoms with Crippen molar-refractivity contribution in [1.29, 1.82) is 0 Å². The fourth-order valence-corrected chi connectivity index (χ4v) is 3.56. The van der Waals surface area contributed by atoms with Crippen molar-refractivity contribution in [3.8, 4) is 0 Å². The van der Waals surface area contributed by atoms with E-state index in [0.29, 0.717) is 22.7 Å². The number of aromatic nitrogens is 3. The summed E-state index contributed by atoms with van der Waals surface area (Å²) in [5, 5.41) is 7.37. The zero-order valence-corrected chi connectivity index (χ0v) is 16.6. The van der Waals surface area contributed by atoms with E-state index in [1.165, 1.54) is 0 Å². The fraction of sp³-hybridized carbons (Fsp3) is 0.350. The van der Waals surface area contributed by atoms with Crippen molar-refractivity contribution in [2.45, 2.75) is 25.8 Å². The van der Waals surface area contributed by atoms with Crippen molar-refractivity contribution in [2.75, 3.05) is 35.6 Å². The van der Waals surface area contributed by atoms with Crippen LogP contribution in [0.25, 0.3) is 11.0 Å². The zero-order chi connectivity index (χ0) is 19.5. The largest absolute Gasteiger partial charge is 0.397 e. The lowest BCUT2D eigenvalue weighted by molar-refractivity contribution is 0.549. The van der Waals surface area contributed by atoms with Gasteiger partial charge in [-0.05, 0) is 49.7 Å². The van der Waals surface area contributed by atoms with Gasteiger partial charge in [0, 0.05) is 31.0 Å². The van der Waals surface area contributed by atoms with E-state index in [9.17, 15) is 0 Å². The molecule has 0 spiro atoms. The lowest BCUT2D eigenvalue weighted by Gasteiger charge is -2.20. The number of nitrogen functional groups attached to an aromatic ring is 1. The van der Waals surface area contributed by atoms with Gasteiger partial charge in [0.25, 0.3) is 0 Å². The molecule has 4 rings (SSSR count). The maximum absolute atomic E-state index is 6.02. The SMILES string of the molecule is CCCN[C@H]1CCN(c2nc(Nc3ccc(Cl)c(N)c3)nc3cccnc23)C1. The van der Waals surface area contributed by atoms with Crippen LogP contribution in [0.3, 0.4) is 0 Å². The number of benzene rings is 1. The minimum absolute atomic E-state index is 0.473. The molecule has 1 aliphatic heterocycles. The Labute approximate surface area is 169 Å². The van der Waals surface area contributed by atoms with E-state index in [-0.39, 0.29) is 0 Å². The molecule has 28 heavy (non-hydrogen) atoms. The quantitative estimate of drug-likeness (QED) is 0.547. The molecular weight excluding hydrogens is 374 g/mol. The molecule has 1 aliphatic rings. The number of rotatable bonds is 6. The van der Waals surface area contributed by atoms with Gasteiger partial charge in [-0.25, -0.2) is 4.98 Å².